The molecular weight excluding hydrogens is 363 g/mol. The highest BCUT2D eigenvalue weighted by atomic mass is 19.1. The lowest BCUT2D eigenvalue weighted by atomic mass is 10.0. The molecule has 0 bridgehead atoms. The van der Waals surface area contributed by atoms with E-state index < -0.39 is 17.6 Å². The van der Waals surface area contributed by atoms with E-state index in [1.807, 2.05) is 24.3 Å². The largest absolute Gasteiger partial charge is 0.493 e. The number of rotatable bonds is 4. The zero-order valence-corrected chi connectivity index (χ0v) is 14.7. The van der Waals surface area contributed by atoms with Gasteiger partial charge in [-0.2, -0.15) is 0 Å². The molecule has 8 heteroatoms. The number of fused-ring (bicyclic) bond motifs is 1. The second kappa shape index (κ2) is 7.51. The summed E-state index contributed by atoms with van der Waals surface area (Å²) in [6.07, 6.45) is 1.90. The quantitative estimate of drug-likeness (QED) is 0.648. The third kappa shape index (κ3) is 3.57. The Balaban J connectivity index is 1.50. The highest BCUT2D eigenvalue weighted by molar-refractivity contribution is 6.10. The van der Waals surface area contributed by atoms with E-state index in [0.29, 0.717) is 18.7 Å². The molecule has 1 aliphatic rings. The summed E-state index contributed by atoms with van der Waals surface area (Å²) in [5.74, 6) is -0.679. The Kier molecular flexibility index (Phi) is 4.76. The Morgan fingerprint density at radius 2 is 1.89 bits per heavy atom. The highest BCUT2D eigenvalue weighted by Crippen LogP contribution is 2.31. The summed E-state index contributed by atoms with van der Waals surface area (Å²) in [5.41, 5.74) is 1.31. The van der Waals surface area contributed by atoms with E-state index in [9.17, 15) is 14.0 Å². The van der Waals surface area contributed by atoms with Gasteiger partial charge in [-0.15, -0.1) is 0 Å². The number of halogens is 1. The molecule has 2 amide bonds. The van der Waals surface area contributed by atoms with E-state index >= 15 is 0 Å². The molecule has 0 saturated heterocycles. The smallest absolute Gasteiger partial charge is 0.276 e. The number of hydrogen-bond donors (Lipinski definition) is 3. The van der Waals surface area contributed by atoms with Crippen LogP contribution >= 0.6 is 0 Å². The Morgan fingerprint density at radius 1 is 1.11 bits per heavy atom. The molecule has 3 aromatic rings. The molecule has 0 unspecified atom stereocenters. The first-order valence-electron chi connectivity index (χ1n) is 8.74. The van der Waals surface area contributed by atoms with Crippen LogP contribution < -0.4 is 15.4 Å². The molecular formula is C20H17FN4O3. The minimum atomic E-state index is -0.564. The predicted octanol–water partition coefficient (Wildman–Crippen LogP) is 3.05. The van der Waals surface area contributed by atoms with E-state index in [-0.39, 0.29) is 17.4 Å². The first kappa shape index (κ1) is 17.7. The third-order valence-electron chi connectivity index (χ3n) is 4.45. The zero-order valence-electron chi connectivity index (χ0n) is 14.7. The molecule has 142 valence electrons. The van der Waals surface area contributed by atoms with Crippen molar-refractivity contribution in [1.29, 1.82) is 0 Å². The molecule has 1 aromatic heterocycles. The van der Waals surface area contributed by atoms with Crippen LogP contribution in [0.4, 0.5) is 10.1 Å². The zero-order chi connectivity index (χ0) is 19.5. The number of carbonyl (C=O) groups is 2. The molecule has 0 spiro atoms. The van der Waals surface area contributed by atoms with Crippen molar-refractivity contribution in [1.82, 2.24) is 15.3 Å². The number of carbonyl (C=O) groups excluding carboxylic acids is 2. The van der Waals surface area contributed by atoms with Crippen molar-refractivity contribution in [3.05, 3.63) is 77.6 Å². The van der Waals surface area contributed by atoms with Crippen LogP contribution in [0.15, 0.2) is 54.9 Å². The van der Waals surface area contributed by atoms with Gasteiger partial charge in [0, 0.05) is 17.7 Å². The molecule has 2 aromatic carbocycles. The maximum Gasteiger partial charge on any atom is 0.276 e. The van der Waals surface area contributed by atoms with Crippen molar-refractivity contribution < 1.29 is 18.7 Å². The molecule has 0 aliphatic carbocycles. The number of imidazole rings is 1. The van der Waals surface area contributed by atoms with Crippen LogP contribution in [0.3, 0.4) is 0 Å². The molecule has 1 atom stereocenters. The number of hydrogen-bond acceptors (Lipinski definition) is 4. The number of nitrogens with one attached hydrogen (secondary N) is 3. The van der Waals surface area contributed by atoms with Crippen LogP contribution in [0.1, 0.15) is 39.0 Å². The molecule has 2 heterocycles. The molecule has 0 fully saturated rings. The molecule has 4 rings (SSSR count). The first-order chi connectivity index (χ1) is 13.6. The maximum absolute atomic E-state index is 13.0. The second-order valence-corrected chi connectivity index (χ2v) is 6.29. The predicted molar refractivity (Wildman–Crippen MR) is 99.7 cm³/mol. The topological polar surface area (TPSA) is 96.1 Å². The van der Waals surface area contributed by atoms with Crippen LogP contribution in [-0.4, -0.2) is 28.4 Å². The molecule has 3 N–H and O–H groups in total. The fourth-order valence-corrected chi connectivity index (χ4v) is 3.09. The lowest BCUT2D eigenvalue weighted by Crippen LogP contribution is -2.33. The first-order valence-corrected chi connectivity index (χ1v) is 8.74. The Hall–Kier alpha value is -3.68. The Morgan fingerprint density at radius 3 is 2.71 bits per heavy atom. The normalized spacial score (nSPS) is 15.2. The van der Waals surface area contributed by atoms with Crippen LogP contribution in [-0.2, 0) is 0 Å². The third-order valence-corrected chi connectivity index (χ3v) is 4.45. The number of amides is 2. The fourth-order valence-electron chi connectivity index (χ4n) is 3.09. The van der Waals surface area contributed by atoms with E-state index in [0.717, 1.165) is 11.3 Å². The van der Waals surface area contributed by atoms with Gasteiger partial charge in [-0.05, 0) is 30.3 Å². The van der Waals surface area contributed by atoms with E-state index in [4.69, 9.17) is 4.74 Å². The Bertz CT molecular complexity index is 1020. The molecule has 7 nitrogen and oxygen atoms in total. The van der Waals surface area contributed by atoms with Gasteiger partial charge in [-0.25, -0.2) is 9.37 Å². The maximum atomic E-state index is 13.0. The van der Waals surface area contributed by atoms with Crippen LogP contribution in [0, 0.1) is 5.82 Å². The Labute approximate surface area is 159 Å². The average molecular weight is 380 g/mol. The van der Waals surface area contributed by atoms with E-state index in [1.165, 1.54) is 30.6 Å². The minimum Gasteiger partial charge on any atom is -0.493 e. The standard InChI is InChI=1S/C20H17FN4O3/c21-12-5-7-13(8-6-12)24-19(26)17-18(23-11-22-17)20(27)25-15-9-10-28-16-4-2-1-3-14(15)16/h1-8,11,15H,9-10H2,(H,22,23)(H,24,26)(H,25,27)/t15-/m1/s1. The van der Waals surface area contributed by atoms with Gasteiger partial charge in [-0.1, -0.05) is 18.2 Å². The SMILES string of the molecule is O=C(Nc1ccc(F)cc1)c1nc[nH]c1C(=O)N[C@@H]1CCOc2ccccc21. The monoisotopic (exact) mass is 380 g/mol. The van der Waals surface area contributed by atoms with Crippen molar-refractivity contribution in [2.45, 2.75) is 12.5 Å². The van der Waals surface area contributed by atoms with Gasteiger partial charge in [0.05, 0.1) is 19.0 Å². The van der Waals surface area contributed by atoms with Crippen LogP contribution in [0.2, 0.25) is 0 Å². The minimum absolute atomic E-state index is 0.0397. The van der Waals surface area contributed by atoms with Crippen LogP contribution in [0.25, 0.3) is 0 Å². The number of ether oxygens (including phenoxy) is 1. The van der Waals surface area contributed by atoms with Gasteiger partial charge in [0.1, 0.15) is 17.3 Å². The number of aromatic nitrogens is 2. The lowest BCUT2D eigenvalue weighted by Gasteiger charge is -2.26. The number of nitrogens with zero attached hydrogens (tertiary/aromatic N) is 1. The van der Waals surface area contributed by atoms with E-state index in [2.05, 4.69) is 20.6 Å². The number of aromatic amines is 1. The number of H-pyrrole nitrogens is 1. The second-order valence-electron chi connectivity index (χ2n) is 6.29. The number of benzene rings is 2. The lowest BCUT2D eigenvalue weighted by molar-refractivity contribution is 0.0909. The summed E-state index contributed by atoms with van der Waals surface area (Å²) in [6.45, 7) is 0.489. The summed E-state index contributed by atoms with van der Waals surface area (Å²) in [7, 11) is 0. The van der Waals surface area contributed by atoms with Crippen molar-refractivity contribution in [2.24, 2.45) is 0 Å². The summed E-state index contributed by atoms with van der Waals surface area (Å²) < 4.78 is 18.6. The molecule has 0 saturated carbocycles. The number of anilines is 1. The number of para-hydroxylation sites is 1. The van der Waals surface area contributed by atoms with Gasteiger partial charge in [0.2, 0.25) is 0 Å². The summed E-state index contributed by atoms with van der Waals surface area (Å²) in [6, 6.07) is 12.6. The molecule has 1 aliphatic heterocycles. The van der Waals surface area contributed by atoms with Crippen LogP contribution in [0.5, 0.6) is 5.75 Å². The van der Waals surface area contributed by atoms with Crippen molar-refractivity contribution in [3.63, 3.8) is 0 Å². The van der Waals surface area contributed by atoms with Gasteiger partial charge >= 0.3 is 0 Å². The van der Waals surface area contributed by atoms with Gasteiger partial charge < -0.3 is 20.4 Å². The van der Waals surface area contributed by atoms with Gasteiger partial charge in [0.15, 0.2) is 5.69 Å². The summed E-state index contributed by atoms with van der Waals surface area (Å²) in [5, 5.41) is 5.52. The van der Waals surface area contributed by atoms with Crippen molar-refractivity contribution in [2.75, 3.05) is 11.9 Å². The molecule has 28 heavy (non-hydrogen) atoms. The molecule has 0 radical (unpaired) electrons. The van der Waals surface area contributed by atoms with Gasteiger partial charge in [0.25, 0.3) is 11.8 Å². The van der Waals surface area contributed by atoms with E-state index in [1.54, 1.807) is 0 Å². The van der Waals surface area contributed by atoms with Gasteiger partial charge in [-0.3, -0.25) is 9.59 Å². The highest BCUT2D eigenvalue weighted by Gasteiger charge is 2.26. The van der Waals surface area contributed by atoms with Crippen molar-refractivity contribution >= 4 is 17.5 Å². The van der Waals surface area contributed by atoms with Crippen molar-refractivity contribution in [3.8, 4) is 5.75 Å². The summed E-state index contributed by atoms with van der Waals surface area (Å²) in [4.78, 5) is 31.9. The summed E-state index contributed by atoms with van der Waals surface area (Å²) >= 11 is 0. The average Bonchev–Trinajstić information content (AvgIpc) is 3.20. The fraction of sp³-hybridized carbons (Fsp3) is 0.150.